The van der Waals surface area contributed by atoms with E-state index in [0.29, 0.717) is 5.78 Å². The molecule has 0 radical (unpaired) electrons. The molecule has 0 bridgehead atoms. The lowest BCUT2D eigenvalue weighted by atomic mass is 9.82. The number of benzene rings is 2. The SMILES string of the molecule is O=C(CCC1CCCC1)C1C=c2c(ccc3c2=CCc2ccccc2-3)CC1. The molecule has 0 heterocycles. The van der Waals surface area contributed by atoms with E-state index in [4.69, 9.17) is 0 Å². The summed E-state index contributed by atoms with van der Waals surface area (Å²) in [4.78, 5) is 12.9. The molecule has 1 unspecified atom stereocenters. The van der Waals surface area contributed by atoms with Gasteiger partial charge in [-0.05, 0) is 64.3 Å². The Morgan fingerprint density at radius 1 is 0.889 bits per heavy atom. The Kier molecular flexibility index (Phi) is 4.47. The van der Waals surface area contributed by atoms with Gasteiger partial charge in [-0.25, -0.2) is 0 Å². The molecule has 1 saturated carbocycles. The van der Waals surface area contributed by atoms with E-state index in [2.05, 4.69) is 48.6 Å². The fourth-order valence-corrected chi connectivity index (χ4v) is 5.40. The number of hydrogen-bond donors (Lipinski definition) is 0. The first-order valence-electron chi connectivity index (χ1n) is 10.7. The van der Waals surface area contributed by atoms with Gasteiger partial charge in [-0.1, -0.05) is 74.2 Å². The van der Waals surface area contributed by atoms with Crippen molar-refractivity contribution in [2.75, 3.05) is 0 Å². The average molecular weight is 357 g/mol. The number of rotatable bonds is 4. The fraction of sp³-hybridized carbons (Fsp3) is 0.423. The van der Waals surface area contributed by atoms with Gasteiger partial charge in [-0.3, -0.25) is 4.79 Å². The van der Waals surface area contributed by atoms with Crippen LogP contribution in [-0.4, -0.2) is 5.78 Å². The maximum Gasteiger partial charge on any atom is 0.139 e. The molecule has 1 heteroatoms. The van der Waals surface area contributed by atoms with Gasteiger partial charge < -0.3 is 0 Å². The van der Waals surface area contributed by atoms with Crippen LogP contribution in [0.15, 0.2) is 36.4 Å². The second kappa shape index (κ2) is 7.11. The molecule has 0 aliphatic heterocycles. The van der Waals surface area contributed by atoms with E-state index >= 15 is 0 Å². The van der Waals surface area contributed by atoms with Gasteiger partial charge in [0.15, 0.2) is 0 Å². The van der Waals surface area contributed by atoms with Gasteiger partial charge >= 0.3 is 0 Å². The Hall–Kier alpha value is -2.15. The normalized spacial score (nSPS) is 20.8. The molecule has 1 atom stereocenters. The van der Waals surface area contributed by atoms with Crippen LogP contribution < -0.4 is 10.4 Å². The second-order valence-electron chi connectivity index (χ2n) is 8.63. The summed E-state index contributed by atoms with van der Waals surface area (Å²) in [7, 11) is 0. The first-order valence-corrected chi connectivity index (χ1v) is 10.7. The molecule has 3 aliphatic carbocycles. The van der Waals surface area contributed by atoms with Gasteiger partial charge in [-0.2, -0.15) is 0 Å². The molecule has 0 amide bonds. The maximum absolute atomic E-state index is 12.9. The van der Waals surface area contributed by atoms with Crippen LogP contribution in [0, 0.1) is 11.8 Å². The van der Waals surface area contributed by atoms with Gasteiger partial charge in [0.25, 0.3) is 0 Å². The summed E-state index contributed by atoms with van der Waals surface area (Å²) in [6.07, 6.45) is 15.0. The minimum absolute atomic E-state index is 0.121. The summed E-state index contributed by atoms with van der Waals surface area (Å²) < 4.78 is 0. The highest BCUT2D eigenvalue weighted by Gasteiger charge is 2.23. The highest BCUT2D eigenvalue weighted by Crippen LogP contribution is 2.30. The Balaban J connectivity index is 1.46. The van der Waals surface area contributed by atoms with E-state index in [1.165, 1.54) is 58.4 Å². The van der Waals surface area contributed by atoms with Crippen molar-refractivity contribution in [1.82, 2.24) is 0 Å². The Bertz CT molecular complexity index is 991. The molecule has 0 N–H and O–H groups in total. The number of ketones is 1. The van der Waals surface area contributed by atoms with E-state index < -0.39 is 0 Å². The third kappa shape index (κ3) is 3.18. The van der Waals surface area contributed by atoms with E-state index in [1.54, 1.807) is 0 Å². The van der Waals surface area contributed by atoms with Crippen LogP contribution in [0.5, 0.6) is 0 Å². The molecule has 27 heavy (non-hydrogen) atoms. The molecule has 3 aliphatic rings. The molecule has 1 fully saturated rings. The molecular weight excluding hydrogens is 328 g/mol. The number of Topliss-reactive ketones (excluding diaryl/α,β-unsaturated/α-hetero) is 1. The Labute approximate surface area is 161 Å². The summed E-state index contributed by atoms with van der Waals surface area (Å²) in [6.45, 7) is 0. The summed E-state index contributed by atoms with van der Waals surface area (Å²) in [5.74, 6) is 1.40. The molecule has 5 rings (SSSR count). The molecule has 1 nitrogen and oxygen atoms in total. The monoisotopic (exact) mass is 356 g/mol. The highest BCUT2D eigenvalue weighted by molar-refractivity contribution is 5.87. The largest absolute Gasteiger partial charge is 0.299 e. The zero-order chi connectivity index (χ0) is 18.2. The lowest BCUT2D eigenvalue weighted by Crippen LogP contribution is -2.37. The van der Waals surface area contributed by atoms with Gasteiger partial charge in [0.1, 0.15) is 5.78 Å². The van der Waals surface area contributed by atoms with Crippen molar-refractivity contribution in [1.29, 1.82) is 0 Å². The van der Waals surface area contributed by atoms with E-state index in [-0.39, 0.29) is 5.92 Å². The molecule has 2 aromatic rings. The van der Waals surface area contributed by atoms with Crippen molar-refractivity contribution in [2.24, 2.45) is 11.8 Å². The van der Waals surface area contributed by atoms with Crippen LogP contribution in [-0.2, 0) is 17.6 Å². The van der Waals surface area contributed by atoms with Crippen LogP contribution in [0.3, 0.4) is 0 Å². The summed E-state index contributed by atoms with van der Waals surface area (Å²) in [5, 5.41) is 2.70. The maximum atomic E-state index is 12.9. The first-order chi connectivity index (χ1) is 13.3. The van der Waals surface area contributed by atoms with Gasteiger partial charge in [0.2, 0.25) is 0 Å². The van der Waals surface area contributed by atoms with Gasteiger partial charge in [-0.15, -0.1) is 0 Å². The number of hydrogen-bond acceptors (Lipinski definition) is 1. The predicted octanol–water partition coefficient (Wildman–Crippen LogP) is 4.57. The second-order valence-corrected chi connectivity index (χ2v) is 8.63. The summed E-state index contributed by atoms with van der Waals surface area (Å²) >= 11 is 0. The zero-order valence-corrected chi connectivity index (χ0v) is 16.0. The Morgan fingerprint density at radius 2 is 1.74 bits per heavy atom. The minimum atomic E-state index is 0.121. The van der Waals surface area contributed by atoms with Crippen LogP contribution in [0.25, 0.3) is 23.3 Å². The third-order valence-corrected chi connectivity index (χ3v) is 6.99. The highest BCUT2D eigenvalue weighted by atomic mass is 16.1. The van der Waals surface area contributed by atoms with Crippen molar-refractivity contribution in [2.45, 2.75) is 57.8 Å². The van der Waals surface area contributed by atoms with E-state index in [1.807, 2.05) is 0 Å². The average Bonchev–Trinajstić information content (AvgIpc) is 3.24. The standard InChI is InChI=1S/C26H28O/c27-26(16-9-18-5-1-2-6-18)21-11-10-20-13-14-23-22-8-4-3-7-19(22)12-15-24(23)25(20)17-21/h3-4,7-8,13-15,17-18,21H,1-2,5-6,9-12,16H2. The van der Waals surface area contributed by atoms with Crippen LogP contribution in [0.1, 0.15) is 56.1 Å². The van der Waals surface area contributed by atoms with Crippen molar-refractivity contribution in [3.63, 3.8) is 0 Å². The van der Waals surface area contributed by atoms with Gasteiger partial charge in [0, 0.05) is 12.3 Å². The smallest absolute Gasteiger partial charge is 0.139 e. The summed E-state index contributed by atoms with van der Waals surface area (Å²) in [6, 6.07) is 13.3. The Morgan fingerprint density at radius 3 is 2.63 bits per heavy atom. The van der Waals surface area contributed by atoms with Gasteiger partial charge in [0.05, 0.1) is 0 Å². The van der Waals surface area contributed by atoms with Crippen molar-refractivity contribution < 1.29 is 4.79 Å². The number of carbonyl (C=O) groups is 1. The number of carbonyl (C=O) groups excluding carboxylic acids is 1. The quantitative estimate of drug-likeness (QED) is 0.784. The zero-order valence-electron chi connectivity index (χ0n) is 16.0. The van der Waals surface area contributed by atoms with Crippen LogP contribution in [0.4, 0.5) is 0 Å². The molecular formula is C26H28O. The predicted molar refractivity (Wildman–Crippen MR) is 112 cm³/mol. The topological polar surface area (TPSA) is 17.1 Å². The molecule has 2 aromatic carbocycles. The number of aryl methyl sites for hydroxylation is 1. The summed E-state index contributed by atoms with van der Waals surface area (Å²) in [5.41, 5.74) is 5.53. The fourth-order valence-electron chi connectivity index (χ4n) is 5.40. The molecule has 138 valence electrons. The van der Waals surface area contributed by atoms with Crippen LogP contribution >= 0.6 is 0 Å². The minimum Gasteiger partial charge on any atom is -0.299 e. The van der Waals surface area contributed by atoms with Crippen molar-refractivity contribution >= 4 is 17.9 Å². The van der Waals surface area contributed by atoms with Crippen LogP contribution in [0.2, 0.25) is 0 Å². The van der Waals surface area contributed by atoms with E-state index in [9.17, 15) is 4.79 Å². The molecule has 0 aromatic heterocycles. The van der Waals surface area contributed by atoms with Crippen molar-refractivity contribution in [3.8, 4) is 11.1 Å². The lowest BCUT2D eigenvalue weighted by molar-refractivity contribution is -0.121. The van der Waals surface area contributed by atoms with E-state index in [0.717, 1.165) is 38.0 Å². The molecule has 0 spiro atoms. The third-order valence-electron chi connectivity index (χ3n) is 6.99. The van der Waals surface area contributed by atoms with Crippen molar-refractivity contribution in [3.05, 3.63) is 58.0 Å². The number of fused-ring (bicyclic) bond motifs is 5. The first kappa shape index (κ1) is 17.0. The molecule has 0 saturated heterocycles. The lowest BCUT2D eigenvalue weighted by Gasteiger charge is -2.21.